The number of anilines is 1. The molecule has 0 aliphatic carbocycles. The number of benzene rings is 1. The van der Waals surface area contributed by atoms with Gasteiger partial charge in [-0.25, -0.2) is 4.98 Å². The van der Waals surface area contributed by atoms with Crippen LogP contribution < -0.4 is 11.1 Å². The van der Waals surface area contributed by atoms with Crippen LogP contribution in [0.4, 0.5) is 5.13 Å². The van der Waals surface area contributed by atoms with E-state index in [4.69, 9.17) is 10.5 Å². The number of nitrogens with two attached hydrogens (primary N) is 1. The highest BCUT2D eigenvalue weighted by atomic mass is 32.1. The third kappa shape index (κ3) is 4.97. The van der Waals surface area contributed by atoms with Gasteiger partial charge in [0.05, 0.1) is 13.0 Å². The molecular formula is C14H15N3O3S. The number of carbonyl (C=O) groups excluding carboxylic acids is 2. The largest absolute Gasteiger partial charge is 0.367 e. The van der Waals surface area contributed by atoms with Crippen molar-refractivity contribution in [1.82, 2.24) is 4.98 Å². The molecule has 0 spiro atoms. The van der Waals surface area contributed by atoms with Gasteiger partial charge in [-0.15, -0.1) is 11.3 Å². The van der Waals surface area contributed by atoms with Crippen LogP contribution in [0.15, 0.2) is 41.9 Å². The van der Waals surface area contributed by atoms with Crippen molar-refractivity contribution >= 4 is 28.3 Å². The summed E-state index contributed by atoms with van der Waals surface area (Å²) in [7, 11) is 0. The van der Waals surface area contributed by atoms with Gasteiger partial charge in [0.25, 0.3) is 0 Å². The zero-order chi connectivity index (χ0) is 15.1. The third-order valence-corrected chi connectivity index (χ3v) is 3.35. The average Bonchev–Trinajstić information content (AvgIpc) is 2.97. The van der Waals surface area contributed by atoms with Crippen LogP contribution in [0, 0.1) is 0 Å². The van der Waals surface area contributed by atoms with Gasteiger partial charge in [-0.1, -0.05) is 30.3 Å². The summed E-state index contributed by atoms with van der Waals surface area (Å²) in [5.74, 6) is -1.03. The van der Waals surface area contributed by atoms with Crippen LogP contribution in [0.2, 0.25) is 0 Å². The molecule has 3 N–H and O–H groups in total. The zero-order valence-corrected chi connectivity index (χ0v) is 12.0. The minimum Gasteiger partial charge on any atom is -0.367 e. The van der Waals surface area contributed by atoms with E-state index in [2.05, 4.69) is 10.3 Å². The van der Waals surface area contributed by atoms with E-state index in [0.29, 0.717) is 5.13 Å². The molecule has 0 fully saturated rings. The first-order valence-corrected chi connectivity index (χ1v) is 7.17. The fourth-order valence-electron chi connectivity index (χ4n) is 1.64. The average molecular weight is 305 g/mol. The minimum atomic E-state index is -0.967. The summed E-state index contributed by atoms with van der Waals surface area (Å²) in [6.45, 7) is 0.221. The first kappa shape index (κ1) is 15.1. The van der Waals surface area contributed by atoms with Gasteiger partial charge < -0.3 is 15.8 Å². The Bertz CT molecular complexity index is 587. The third-order valence-electron chi connectivity index (χ3n) is 2.66. The Labute approximate surface area is 125 Å². The van der Waals surface area contributed by atoms with Gasteiger partial charge in [0.15, 0.2) is 5.13 Å². The number of rotatable bonds is 7. The Balaban J connectivity index is 1.87. The molecule has 110 valence electrons. The molecule has 21 heavy (non-hydrogen) atoms. The number of hydrogen-bond donors (Lipinski definition) is 2. The molecule has 1 aromatic carbocycles. The van der Waals surface area contributed by atoms with Gasteiger partial charge in [0.2, 0.25) is 11.8 Å². The fraction of sp³-hybridized carbons (Fsp3) is 0.214. The molecule has 0 aliphatic rings. The number of ether oxygens (including phenoxy) is 1. The van der Waals surface area contributed by atoms with E-state index in [9.17, 15) is 9.59 Å². The maximum atomic E-state index is 11.8. The molecule has 1 aromatic heterocycles. The predicted molar refractivity (Wildman–Crippen MR) is 79.6 cm³/mol. The smallest absolute Gasteiger partial charge is 0.247 e. The lowest BCUT2D eigenvalue weighted by Crippen LogP contribution is -2.34. The highest BCUT2D eigenvalue weighted by Gasteiger charge is 2.20. The van der Waals surface area contributed by atoms with Crippen LogP contribution in [0.25, 0.3) is 0 Å². The Morgan fingerprint density at radius 1 is 1.33 bits per heavy atom. The van der Waals surface area contributed by atoms with E-state index in [0.717, 1.165) is 5.56 Å². The molecular weight excluding hydrogens is 290 g/mol. The van der Waals surface area contributed by atoms with Gasteiger partial charge in [0.1, 0.15) is 6.10 Å². The lowest BCUT2D eigenvalue weighted by atomic mass is 10.2. The van der Waals surface area contributed by atoms with Crippen molar-refractivity contribution in [3.8, 4) is 0 Å². The lowest BCUT2D eigenvalue weighted by molar-refractivity contribution is -0.134. The summed E-state index contributed by atoms with van der Waals surface area (Å²) in [6, 6.07) is 9.36. The van der Waals surface area contributed by atoms with Gasteiger partial charge in [-0.2, -0.15) is 0 Å². The molecule has 0 unspecified atom stereocenters. The second kappa shape index (κ2) is 7.51. The number of amides is 2. The van der Waals surface area contributed by atoms with E-state index < -0.39 is 12.0 Å². The second-order valence-corrected chi connectivity index (χ2v) is 5.17. The fourth-order valence-corrected chi connectivity index (χ4v) is 2.18. The van der Waals surface area contributed by atoms with Crippen LogP contribution in [-0.4, -0.2) is 22.9 Å². The summed E-state index contributed by atoms with van der Waals surface area (Å²) >= 11 is 1.30. The van der Waals surface area contributed by atoms with E-state index in [1.54, 1.807) is 11.6 Å². The summed E-state index contributed by atoms with van der Waals surface area (Å²) in [5, 5.41) is 4.81. The SMILES string of the molecule is NC(=O)[C@@H](CC(=O)Nc1nccs1)OCc1ccccc1. The zero-order valence-electron chi connectivity index (χ0n) is 11.2. The van der Waals surface area contributed by atoms with Crippen molar-refractivity contribution in [2.24, 2.45) is 5.73 Å². The van der Waals surface area contributed by atoms with Crippen LogP contribution in [-0.2, 0) is 20.9 Å². The molecule has 1 heterocycles. The molecule has 6 nitrogen and oxygen atoms in total. The van der Waals surface area contributed by atoms with E-state index in [-0.39, 0.29) is 18.9 Å². The van der Waals surface area contributed by atoms with Crippen molar-refractivity contribution in [3.63, 3.8) is 0 Å². The summed E-state index contributed by atoms with van der Waals surface area (Å²) in [6.07, 6.45) is 0.477. The molecule has 0 saturated carbocycles. The molecule has 7 heteroatoms. The number of primary amides is 1. The first-order valence-electron chi connectivity index (χ1n) is 6.29. The Kier molecular flexibility index (Phi) is 5.42. The van der Waals surface area contributed by atoms with Crippen molar-refractivity contribution in [3.05, 3.63) is 47.5 Å². The molecule has 2 rings (SSSR count). The topological polar surface area (TPSA) is 94.3 Å². The van der Waals surface area contributed by atoms with E-state index in [1.807, 2.05) is 30.3 Å². The van der Waals surface area contributed by atoms with Crippen LogP contribution in [0.1, 0.15) is 12.0 Å². The van der Waals surface area contributed by atoms with Crippen molar-refractivity contribution in [1.29, 1.82) is 0 Å². The van der Waals surface area contributed by atoms with Gasteiger partial charge in [0, 0.05) is 11.6 Å². The quantitative estimate of drug-likeness (QED) is 0.811. The standard InChI is InChI=1S/C14H15N3O3S/c15-13(19)11(20-9-10-4-2-1-3-5-10)8-12(18)17-14-16-6-7-21-14/h1-7,11H,8-9H2,(H2,15,19)(H,16,17,18)/t11-/m1/s1. The van der Waals surface area contributed by atoms with Crippen molar-refractivity contribution in [2.45, 2.75) is 19.1 Å². The highest BCUT2D eigenvalue weighted by molar-refractivity contribution is 7.13. The van der Waals surface area contributed by atoms with Crippen LogP contribution >= 0.6 is 11.3 Å². The number of carbonyl (C=O) groups is 2. The Morgan fingerprint density at radius 3 is 2.71 bits per heavy atom. The molecule has 0 aliphatic heterocycles. The van der Waals surface area contributed by atoms with Crippen molar-refractivity contribution < 1.29 is 14.3 Å². The van der Waals surface area contributed by atoms with Crippen molar-refractivity contribution in [2.75, 3.05) is 5.32 Å². The molecule has 0 saturated heterocycles. The summed E-state index contributed by atoms with van der Waals surface area (Å²) in [5.41, 5.74) is 6.17. The Morgan fingerprint density at radius 2 is 2.10 bits per heavy atom. The van der Waals surface area contributed by atoms with Gasteiger partial charge in [-0.05, 0) is 5.56 Å². The summed E-state index contributed by atoms with van der Waals surface area (Å²) in [4.78, 5) is 27.1. The normalized spacial score (nSPS) is 11.8. The van der Waals surface area contributed by atoms with Crippen LogP contribution in [0.5, 0.6) is 0 Å². The number of nitrogens with one attached hydrogen (secondary N) is 1. The van der Waals surface area contributed by atoms with E-state index >= 15 is 0 Å². The Hall–Kier alpha value is -2.25. The molecule has 2 aromatic rings. The molecule has 1 atom stereocenters. The monoisotopic (exact) mass is 305 g/mol. The minimum absolute atomic E-state index is 0.137. The van der Waals surface area contributed by atoms with Gasteiger partial charge in [-0.3, -0.25) is 9.59 Å². The molecule has 0 radical (unpaired) electrons. The summed E-state index contributed by atoms with van der Waals surface area (Å²) < 4.78 is 5.43. The first-order chi connectivity index (χ1) is 10.1. The number of aromatic nitrogens is 1. The predicted octanol–water partition coefficient (Wildman–Crippen LogP) is 1.54. The highest BCUT2D eigenvalue weighted by Crippen LogP contribution is 2.12. The van der Waals surface area contributed by atoms with Crippen LogP contribution in [0.3, 0.4) is 0 Å². The van der Waals surface area contributed by atoms with E-state index in [1.165, 1.54) is 11.3 Å². The van der Waals surface area contributed by atoms with Gasteiger partial charge >= 0.3 is 0 Å². The molecule has 0 bridgehead atoms. The molecule has 2 amide bonds. The number of nitrogens with zero attached hydrogens (tertiary/aromatic N) is 1. The lowest BCUT2D eigenvalue weighted by Gasteiger charge is -2.14. The maximum absolute atomic E-state index is 11.8. The second-order valence-electron chi connectivity index (χ2n) is 4.28. The maximum Gasteiger partial charge on any atom is 0.247 e. The number of hydrogen-bond acceptors (Lipinski definition) is 5. The number of thiazole rings is 1.